The number of aromatic nitrogens is 2. The zero-order chi connectivity index (χ0) is 20.0. The molecule has 1 amide bonds. The van der Waals surface area contributed by atoms with Crippen molar-refractivity contribution in [3.63, 3.8) is 0 Å². The van der Waals surface area contributed by atoms with E-state index in [1.54, 1.807) is 0 Å². The minimum absolute atomic E-state index is 0.144. The molecule has 1 aliphatic carbocycles. The molecule has 28 heavy (non-hydrogen) atoms. The number of fused-ring (bicyclic) bond motifs is 1. The fourth-order valence-corrected chi connectivity index (χ4v) is 4.01. The van der Waals surface area contributed by atoms with Gasteiger partial charge in [-0.15, -0.1) is 11.8 Å². The minimum Gasteiger partial charge on any atom is -0.355 e. The van der Waals surface area contributed by atoms with Gasteiger partial charge < -0.3 is 5.32 Å². The zero-order valence-electron chi connectivity index (χ0n) is 15.4. The molecule has 2 aromatic rings. The van der Waals surface area contributed by atoms with Gasteiger partial charge in [0.05, 0.1) is 5.75 Å². The number of nitrogens with zero attached hydrogens (tertiary/aromatic N) is 2. The summed E-state index contributed by atoms with van der Waals surface area (Å²) >= 11 is 1.49. The summed E-state index contributed by atoms with van der Waals surface area (Å²) in [5.74, 6) is 1.03. The average molecular weight is 409 g/mol. The Morgan fingerprint density at radius 3 is 2.61 bits per heavy atom. The van der Waals surface area contributed by atoms with E-state index in [1.807, 2.05) is 30.3 Å². The van der Waals surface area contributed by atoms with E-state index in [0.29, 0.717) is 24.3 Å². The van der Waals surface area contributed by atoms with E-state index in [-0.39, 0.29) is 30.3 Å². The number of aryl methyl sites for hydroxylation is 1. The molecule has 1 aromatic heterocycles. The van der Waals surface area contributed by atoms with Gasteiger partial charge in [-0.3, -0.25) is 4.79 Å². The van der Waals surface area contributed by atoms with Crippen LogP contribution in [-0.2, 0) is 36.0 Å². The van der Waals surface area contributed by atoms with E-state index in [4.69, 9.17) is 0 Å². The van der Waals surface area contributed by atoms with Crippen molar-refractivity contribution in [3.05, 3.63) is 58.7 Å². The Morgan fingerprint density at radius 1 is 1.11 bits per heavy atom. The lowest BCUT2D eigenvalue weighted by Gasteiger charge is -2.20. The van der Waals surface area contributed by atoms with Crippen LogP contribution < -0.4 is 5.32 Å². The van der Waals surface area contributed by atoms with E-state index >= 15 is 0 Å². The molecule has 1 aliphatic rings. The maximum atomic E-state index is 13.3. The van der Waals surface area contributed by atoms with Crippen molar-refractivity contribution in [1.82, 2.24) is 15.3 Å². The normalized spacial score (nSPS) is 13.8. The van der Waals surface area contributed by atoms with Gasteiger partial charge in [0.15, 0.2) is 5.69 Å². The second kappa shape index (κ2) is 9.41. The van der Waals surface area contributed by atoms with Gasteiger partial charge >= 0.3 is 6.18 Å². The number of rotatable bonds is 7. The van der Waals surface area contributed by atoms with Crippen LogP contribution in [0.25, 0.3) is 0 Å². The SMILES string of the molecule is O=C(CSCc1ccccc1)NCCc1nc2c(c(C(F)(F)F)n1)CCCC2. The molecule has 150 valence electrons. The summed E-state index contributed by atoms with van der Waals surface area (Å²) in [7, 11) is 0. The highest BCUT2D eigenvalue weighted by Crippen LogP contribution is 2.34. The first-order valence-electron chi connectivity index (χ1n) is 9.27. The largest absolute Gasteiger partial charge is 0.433 e. The molecule has 0 bridgehead atoms. The van der Waals surface area contributed by atoms with E-state index in [2.05, 4.69) is 15.3 Å². The lowest BCUT2D eigenvalue weighted by atomic mass is 9.94. The second-order valence-corrected chi connectivity index (χ2v) is 7.68. The van der Waals surface area contributed by atoms with Crippen molar-refractivity contribution in [3.8, 4) is 0 Å². The van der Waals surface area contributed by atoms with Crippen LogP contribution in [0.3, 0.4) is 0 Å². The molecular formula is C20H22F3N3OS. The summed E-state index contributed by atoms with van der Waals surface area (Å²) in [6.07, 6.45) is -1.79. The Hall–Kier alpha value is -2.09. The summed E-state index contributed by atoms with van der Waals surface area (Å²) in [6.45, 7) is 0.223. The maximum Gasteiger partial charge on any atom is 0.433 e. The molecule has 1 N–H and O–H groups in total. The Labute approximate surface area is 166 Å². The van der Waals surface area contributed by atoms with Gasteiger partial charge in [-0.2, -0.15) is 13.2 Å². The summed E-state index contributed by atoms with van der Waals surface area (Å²) in [6, 6.07) is 9.83. The van der Waals surface area contributed by atoms with Gasteiger partial charge in [-0.05, 0) is 31.2 Å². The number of alkyl halides is 3. The zero-order valence-corrected chi connectivity index (χ0v) is 16.2. The van der Waals surface area contributed by atoms with Crippen molar-refractivity contribution in [2.45, 2.75) is 44.0 Å². The Kier molecular flexibility index (Phi) is 6.93. The van der Waals surface area contributed by atoms with Gasteiger partial charge in [0, 0.05) is 30.0 Å². The van der Waals surface area contributed by atoms with Crippen molar-refractivity contribution < 1.29 is 18.0 Å². The minimum atomic E-state index is -4.48. The van der Waals surface area contributed by atoms with Gasteiger partial charge in [-0.25, -0.2) is 9.97 Å². The van der Waals surface area contributed by atoms with Crippen LogP contribution in [0, 0.1) is 0 Å². The summed E-state index contributed by atoms with van der Waals surface area (Å²) in [5.41, 5.74) is 1.08. The van der Waals surface area contributed by atoms with Crippen LogP contribution in [0.2, 0.25) is 0 Å². The molecule has 4 nitrogen and oxygen atoms in total. The molecule has 0 radical (unpaired) electrons. The predicted octanol–water partition coefficient (Wildman–Crippen LogP) is 3.97. The number of carbonyl (C=O) groups is 1. The third-order valence-corrected chi connectivity index (χ3v) is 5.52. The topological polar surface area (TPSA) is 54.9 Å². The smallest absolute Gasteiger partial charge is 0.355 e. The van der Waals surface area contributed by atoms with Gasteiger partial charge in [0.1, 0.15) is 5.82 Å². The first-order chi connectivity index (χ1) is 13.4. The molecule has 0 saturated heterocycles. The standard InChI is InChI=1S/C20H22F3N3OS/c21-20(22,23)19-15-8-4-5-9-16(15)25-17(26-19)10-11-24-18(27)13-28-12-14-6-2-1-3-7-14/h1-3,6-7H,4-5,8-13H2,(H,24,27). The number of hydrogen-bond donors (Lipinski definition) is 1. The summed E-state index contributed by atoms with van der Waals surface area (Å²) < 4.78 is 40.0. The van der Waals surface area contributed by atoms with Crippen molar-refractivity contribution >= 4 is 17.7 Å². The molecule has 1 aromatic carbocycles. The van der Waals surface area contributed by atoms with Crippen LogP contribution in [0.5, 0.6) is 0 Å². The molecule has 0 saturated carbocycles. The Balaban J connectivity index is 1.51. The molecule has 0 atom stereocenters. The quantitative estimate of drug-likeness (QED) is 0.752. The van der Waals surface area contributed by atoms with Crippen molar-refractivity contribution in [2.75, 3.05) is 12.3 Å². The number of thioether (sulfide) groups is 1. The molecule has 3 rings (SSSR count). The summed E-state index contributed by atoms with van der Waals surface area (Å²) in [5, 5.41) is 2.73. The van der Waals surface area contributed by atoms with Crippen molar-refractivity contribution in [1.29, 1.82) is 0 Å². The first kappa shape index (κ1) is 20.6. The van der Waals surface area contributed by atoms with Gasteiger partial charge in [0.25, 0.3) is 0 Å². The first-order valence-corrected chi connectivity index (χ1v) is 10.4. The molecule has 0 unspecified atom stereocenters. The third kappa shape index (κ3) is 5.70. The van der Waals surface area contributed by atoms with E-state index in [1.165, 1.54) is 11.8 Å². The highest BCUT2D eigenvalue weighted by Gasteiger charge is 2.37. The second-order valence-electron chi connectivity index (χ2n) is 6.70. The Morgan fingerprint density at radius 2 is 1.86 bits per heavy atom. The fourth-order valence-electron chi connectivity index (χ4n) is 3.19. The van der Waals surface area contributed by atoms with Crippen molar-refractivity contribution in [2.24, 2.45) is 0 Å². The van der Waals surface area contributed by atoms with Crippen LogP contribution in [0.15, 0.2) is 30.3 Å². The molecule has 0 fully saturated rings. The van der Waals surface area contributed by atoms with Crippen LogP contribution in [-0.4, -0.2) is 28.2 Å². The highest BCUT2D eigenvalue weighted by molar-refractivity contribution is 7.99. The number of amides is 1. The average Bonchev–Trinajstić information content (AvgIpc) is 2.67. The van der Waals surface area contributed by atoms with Gasteiger partial charge in [-0.1, -0.05) is 30.3 Å². The Bertz CT molecular complexity index is 812. The van der Waals surface area contributed by atoms with E-state index < -0.39 is 11.9 Å². The monoisotopic (exact) mass is 409 g/mol. The highest BCUT2D eigenvalue weighted by atomic mass is 32.2. The lowest BCUT2D eigenvalue weighted by Crippen LogP contribution is -2.28. The lowest BCUT2D eigenvalue weighted by molar-refractivity contribution is -0.142. The molecule has 8 heteroatoms. The van der Waals surface area contributed by atoms with Gasteiger partial charge in [0.2, 0.25) is 5.91 Å². The predicted molar refractivity (Wildman–Crippen MR) is 103 cm³/mol. The van der Waals surface area contributed by atoms with Crippen LogP contribution in [0.4, 0.5) is 13.2 Å². The number of nitrogens with one attached hydrogen (secondary N) is 1. The molecule has 0 spiro atoms. The third-order valence-electron chi connectivity index (χ3n) is 4.51. The van der Waals surface area contributed by atoms with E-state index in [0.717, 1.165) is 24.2 Å². The van der Waals surface area contributed by atoms with Crippen LogP contribution in [0.1, 0.15) is 41.2 Å². The number of halogens is 3. The molecule has 1 heterocycles. The van der Waals surface area contributed by atoms with Crippen LogP contribution >= 0.6 is 11.8 Å². The summed E-state index contributed by atoms with van der Waals surface area (Å²) in [4.78, 5) is 20.0. The number of hydrogen-bond acceptors (Lipinski definition) is 4. The molecule has 0 aliphatic heterocycles. The number of carbonyl (C=O) groups excluding carboxylic acids is 1. The fraction of sp³-hybridized carbons (Fsp3) is 0.450. The number of benzene rings is 1. The van der Waals surface area contributed by atoms with E-state index in [9.17, 15) is 18.0 Å². The maximum absolute atomic E-state index is 13.3. The molecular weight excluding hydrogens is 387 g/mol.